The van der Waals surface area contributed by atoms with Gasteiger partial charge in [0.2, 0.25) is 5.91 Å². The lowest BCUT2D eigenvalue weighted by atomic mass is 10.2. The molecule has 0 aliphatic carbocycles. The van der Waals surface area contributed by atoms with Gasteiger partial charge in [-0.05, 0) is 45.2 Å². The molecule has 2 heterocycles. The Bertz CT molecular complexity index is 738. The van der Waals surface area contributed by atoms with Crippen LogP contribution < -0.4 is 4.90 Å². The number of rotatable bonds is 5. The Morgan fingerprint density at radius 1 is 1.27 bits per heavy atom. The van der Waals surface area contributed by atoms with Crippen molar-refractivity contribution < 1.29 is 13.7 Å². The molecule has 1 aromatic carbocycles. The molecule has 0 N–H and O–H groups in total. The third kappa shape index (κ3) is 4.22. The number of anilines is 1. The van der Waals surface area contributed by atoms with E-state index in [9.17, 15) is 9.18 Å². The molecule has 0 radical (unpaired) electrons. The quantitative estimate of drug-likeness (QED) is 0.819. The number of aromatic nitrogens is 1. The number of benzene rings is 1. The molecule has 1 aliphatic rings. The average Bonchev–Trinajstić information content (AvgIpc) is 3.06. The number of amides is 1. The summed E-state index contributed by atoms with van der Waals surface area (Å²) in [6.07, 6.45) is 0. The van der Waals surface area contributed by atoms with Gasteiger partial charge in [0, 0.05) is 44.5 Å². The number of carbonyl (C=O) groups excluding carboxylic acids is 1. The van der Waals surface area contributed by atoms with Gasteiger partial charge < -0.3 is 14.3 Å². The molecule has 2 aromatic rings. The van der Waals surface area contributed by atoms with E-state index in [-0.39, 0.29) is 17.8 Å². The maximum absolute atomic E-state index is 13.1. The van der Waals surface area contributed by atoms with Crippen LogP contribution in [0.25, 0.3) is 0 Å². The largest absolute Gasteiger partial charge is 0.368 e. The number of aryl methyl sites for hydroxylation is 1. The molecule has 26 heavy (non-hydrogen) atoms. The van der Waals surface area contributed by atoms with Crippen LogP contribution in [-0.4, -0.2) is 60.1 Å². The van der Waals surface area contributed by atoms with Gasteiger partial charge in [-0.2, -0.15) is 0 Å². The normalized spacial score (nSPS) is 16.2. The Morgan fingerprint density at radius 2 is 1.92 bits per heavy atom. The SMILES string of the molecule is Cc1cc(CN(C)C(C)C(=O)N2CCN(c3ccc(F)cc3)CC2)no1. The van der Waals surface area contributed by atoms with Crippen molar-refractivity contribution in [1.82, 2.24) is 15.0 Å². The van der Waals surface area contributed by atoms with E-state index >= 15 is 0 Å². The van der Waals surface area contributed by atoms with Gasteiger partial charge in [0.05, 0.1) is 11.7 Å². The van der Waals surface area contributed by atoms with Gasteiger partial charge >= 0.3 is 0 Å². The fourth-order valence-corrected chi connectivity index (χ4v) is 3.17. The summed E-state index contributed by atoms with van der Waals surface area (Å²) in [7, 11) is 1.92. The van der Waals surface area contributed by atoms with Gasteiger partial charge in [-0.1, -0.05) is 5.16 Å². The zero-order valence-corrected chi connectivity index (χ0v) is 15.5. The van der Waals surface area contributed by atoms with Crippen molar-refractivity contribution in [2.24, 2.45) is 0 Å². The van der Waals surface area contributed by atoms with Crippen LogP contribution in [0.3, 0.4) is 0 Å². The minimum absolute atomic E-state index is 0.117. The van der Waals surface area contributed by atoms with E-state index in [2.05, 4.69) is 10.1 Å². The van der Waals surface area contributed by atoms with Gasteiger partial charge in [-0.3, -0.25) is 9.69 Å². The second-order valence-electron chi connectivity index (χ2n) is 6.81. The minimum Gasteiger partial charge on any atom is -0.368 e. The summed E-state index contributed by atoms with van der Waals surface area (Å²) in [6.45, 7) is 7.16. The molecular formula is C19H25FN4O2. The maximum atomic E-state index is 13.1. The summed E-state index contributed by atoms with van der Waals surface area (Å²) in [4.78, 5) is 18.8. The predicted octanol–water partition coefficient (Wildman–Crippen LogP) is 2.29. The average molecular weight is 360 g/mol. The Morgan fingerprint density at radius 3 is 2.50 bits per heavy atom. The Hall–Kier alpha value is -2.41. The van der Waals surface area contributed by atoms with Crippen molar-refractivity contribution in [3.63, 3.8) is 0 Å². The number of nitrogens with zero attached hydrogens (tertiary/aromatic N) is 4. The highest BCUT2D eigenvalue weighted by molar-refractivity contribution is 5.81. The summed E-state index contributed by atoms with van der Waals surface area (Å²) in [6, 6.07) is 8.15. The van der Waals surface area contributed by atoms with Crippen LogP contribution in [0.4, 0.5) is 10.1 Å². The van der Waals surface area contributed by atoms with Gasteiger partial charge in [-0.25, -0.2) is 4.39 Å². The second kappa shape index (κ2) is 7.86. The summed E-state index contributed by atoms with van der Waals surface area (Å²) in [5.41, 5.74) is 1.82. The van der Waals surface area contributed by atoms with Crippen LogP contribution in [0.5, 0.6) is 0 Å². The zero-order valence-electron chi connectivity index (χ0n) is 15.5. The summed E-state index contributed by atoms with van der Waals surface area (Å²) >= 11 is 0. The number of likely N-dealkylation sites (N-methyl/N-ethyl adjacent to an activating group) is 1. The molecule has 6 nitrogen and oxygen atoms in total. The number of hydrogen-bond donors (Lipinski definition) is 0. The van der Waals surface area contributed by atoms with Gasteiger partial charge in [0.25, 0.3) is 0 Å². The zero-order chi connectivity index (χ0) is 18.7. The highest BCUT2D eigenvalue weighted by Crippen LogP contribution is 2.18. The molecule has 140 valence electrons. The van der Waals surface area contributed by atoms with Crippen molar-refractivity contribution in [1.29, 1.82) is 0 Å². The smallest absolute Gasteiger partial charge is 0.239 e. The van der Waals surface area contributed by atoms with Crippen molar-refractivity contribution in [2.75, 3.05) is 38.1 Å². The molecular weight excluding hydrogens is 335 g/mol. The highest BCUT2D eigenvalue weighted by atomic mass is 19.1. The third-order valence-corrected chi connectivity index (χ3v) is 4.89. The van der Waals surface area contributed by atoms with E-state index < -0.39 is 0 Å². The van der Waals surface area contributed by atoms with Gasteiger partial charge in [-0.15, -0.1) is 0 Å². The third-order valence-electron chi connectivity index (χ3n) is 4.89. The van der Waals surface area contributed by atoms with Crippen molar-refractivity contribution in [3.8, 4) is 0 Å². The second-order valence-corrected chi connectivity index (χ2v) is 6.81. The Kier molecular flexibility index (Phi) is 5.56. The molecule has 7 heteroatoms. The predicted molar refractivity (Wildman–Crippen MR) is 97.4 cm³/mol. The van der Waals surface area contributed by atoms with Crippen LogP contribution >= 0.6 is 0 Å². The fraction of sp³-hybridized carbons (Fsp3) is 0.474. The summed E-state index contributed by atoms with van der Waals surface area (Å²) in [5.74, 6) is 0.650. The lowest BCUT2D eigenvalue weighted by Gasteiger charge is -2.38. The van der Waals surface area contributed by atoms with E-state index in [0.717, 1.165) is 30.2 Å². The van der Waals surface area contributed by atoms with Crippen LogP contribution in [0.2, 0.25) is 0 Å². The molecule has 1 fully saturated rings. The first kappa shape index (κ1) is 18.4. The Labute approximate surface area is 153 Å². The lowest BCUT2D eigenvalue weighted by Crippen LogP contribution is -2.53. The molecule has 1 saturated heterocycles. The minimum atomic E-state index is -0.235. The molecule has 0 spiro atoms. The number of carbonyl (C=O) groups is 1. The lowest BCUT2D eigenvalue weighted by molar-refractivity contribution is -0.136. The number of piperazine rings is 1. The van der Waals surface area contributed by atoms with Crippen LogP contribution in [0.1, 0.15) is 18.4 Å². The molecule has 1 aliphatic heterocycles. The number of hydrogen-bond acceptors (Lipinski definition) is 5. The Balaban J connectivity index is 1.53. The van der Waals surface area contributed by atoms with E-state index in [1.165, 1.54) is 12.1 Å². The van der Waals surface area contributed by atoms with Crippen molar-refractivity contribution in [3.05, 3.63) is 47.6 Å². The van der Waals surface area contributed by atoms with Crippen LogP contribution in [0.15, 0.2) is 34.9 Å². The molecule has 0 saturated carbocycles. The first-order valence-electron chi connectivity index (χ1n) is 8.86. The van der Waals surface area contributed by atoms with Crippen molar-refractivity contribution >= 4 is 11.6 Å². The van der Waals surface area contributed by atoms with E-state index in [4.69, 9.17) is 4.52 Å². The van der Waals surface area contributed by atoms with E-state index in [1.54, 1.807) is 12.1 Å². The van der Waals surface area contributed by atoms with Crippen LogP contribution in [-0.2, 0) is 11.3 Å². The first-order valence-corrected chi connectivity index (χ1v) is 8.86. The van der Waals surface area contributed by atoms with Crippen molar-refractivity contribution in [2.45, 2.75) is 26.4 Å². The molecule has 1 aromatic heterocycles. The van der Waals surface area contributed by atoms with Gasteiger partial charge in [0.1, 0.15) is 11.6 Å². The summed E-state index contributed by atoms with van der Waals surface area (Å²) < 4.78 is 18.1. The van der Waals surface area contributed by atoms with Gasteiger partial charge in [0.15, 0.2) is 0 Å². The fourth-order valence-electron chi connectivity index (χ4n) is 3.17. The standard InChI is InChI=1S/C19H25FN4O2/c1-14-12-17(21-26-14)13-22(3)15(2)19(25)24-10-8-23(9-11-24)18-6-4-16(20)5-7-18/h4-7,12,15H,8-11,13H2,1-3H3. The number of halogens is 1. The van der Waals surface area contributed by atoms with E-state index in [0.29, 0.717) is 19.6 Å². The molecule has 1 unspecified atom stereocenters. The van der Waals surface area contributed by atoms with Crippen LogP contribution in [0, 0.1) is 12.7 Å². The monoisotopic (exact) mass is 360 g/mol. The highest BCUT2D eigenvalue weighted by Gasteiger charge is 2.27. The maximum Gasteiger partial charge on any atom is 0.239 e. The molecule has 1 amide bonds. The molecule has 3 rings (SSSR count). The molecule has 1 atom stereocenters. The topological polar surface area (TPSA) is 52.8 Å². The van der Waals surface area contributed by atoms with E-state index in [1.807, 2.05) is 36.8 Å². The molecule has 0 bridgehead atoms. The summed E-state index contributed by atoms with van der Waals surface area (Å²) in [5, 5.41) is 3.98. The first-order chi connectivity index (χ1) is 12.4.